The molecule has 5 heteroatoms. The third-order valence-electron chi connectivity index (χ3n) is 2.80. The van der Waals surface area contributed by atoms with E-state index in [9.17, 15) is 0 Å². The van der Waals surface area contributed by atoms with Gasteiger partial charge in [0.2, 0.25) is 0 Å². The molecule has 0 aromatic carbocycles. The van der Waals surface area contributed by atoms with Crippen LogP contribution in [-0.4, -0.2) is 26.3 Å². The van der Waals surface area contributed by atoms with Crippen molar-refractivity contribution in [3.05, 3.63) is 10.6 Å². The number of hydrogen-bond donors (Lipinski definition) is 1. The van der Waals surface area contributed by atoms with E-state index in [0.29, 0.717) is 12.0 Å². The average Bonchev–Trinajstić information content (AvgIpc) is 2.61. The highest BCUT2D eigenvalue weighted by molar-refractivity contribution is 7.99. The maximum absolute atomic E-state index is 5.31. The summed E-state index contributed by atoms with van der Waals surface area (Å²) in [7, 11) is 0. The molecule has 0 unspecified atom stereocenters. The Bertz CT molecular complexity index is 374. The molecule has 0 amide bonds. The lowest BCUT2D eigenvalue weighted by Crippen LogP contribution is -2.18. The molecule has 3 nitrogen and oxygen atoms in total. The predicted molar refractivity (Wildman–Crippen MR) is 67.1 cm³/mol. The van der Waals surface area contributed by atoms with Crippen LogP contribution in [-0.2, 0) is 0 Å². The minimum Gasteiger partial charge on any atom is -0.301 e. The first-order valence-electron chi connectivity index (χ1n) is 5.44. The van der Waals surface area contributed by atoms with Gasteiger partial charge in [-0.25, -0.2) is 0 Å². The van der Waals surface area contributed by atoms with Crippen LogP contribution in [0.3, 0.4) is 0 Å². The van der Waals surface area contributed by atoms with Gasteiger partial charge in [0.15, 0.2) is 4.77 Å². The van der Waals surface area contributed by atoms with Gasteiger partial charge in [0.1, 0.15) is 5.82 Å². The van der Waals surface area contributed by atoms with Gasteiger partial charge in [-0.1, -0.05) is 13.8 Å². The van der Waals surface area contributed by atoms with Crippen molar-refractivity contribution in [2.24, 2.45) is 0 Å². The van der Waals surface area contributed by atoms with Crippen LogP contribution in [0.5, 0.6) is 0 Å². The van der Waals surface area contributed by atoms with E-state index >= 15 is 0 Å². The summed E-state index contributed by atoms with van der Waals surface area (Å²) >= 11 is 7.35. The number of thioether (sulfide) groups is 1. The molecular weight excluding hydrogens is 226 g/mol. The van der Waals surface area contributed by atoms with Crippen LogP contribution in [0.15, 0.2) is 0 Å². The zero-order valence-electron chi connectivity index (χ0n) is 9.19. The van der Waals surface area contributed by atoms with Crippen molar-refractivity contribution < 1.29 is 0 Å². The molecule has 84 valence electrons. The van der Waals surface area contributed by atoms with Crippen molar-refractivity contribution in [2.45, 2.75) is 38.6 Å². The van der Waals surface area contributed by atoms with E-state index in [1.165, 1.54) is 24.3 Å². The fraction of sp³-hybridized carbons (Fsp3) is 0.800. The second-order valence-corrected chi connectivity index (χ2v) is 5.87. The number of aromatic amines is 1. The fourth-order valence-corrected chi connectivity index (χ4v) is 3.39. The highest BCUT2D eigenvalue weighted by Gasteiger charge is 2.20. The van der Waals surface area contributed by atoms with Gasteiger partial charge in [0.25, 0.3) is 0 Å². The van der Waals surface area contributed by atoms with Crippen molar-refractivity contribution in [3.63, 3.8) is 0 Å². The van der Waals surface area contributed by atoms with E-state index in [1.807, 2.05) is 11.8 Å². The Morgan fingerprint density at radius 3 is 2.73 bits per heavy atom. The summed E-state index contributed by atoms with van der Waals surface area (Å²) in [4.78, 5) is 0. The summed E-state index contributed by atoms with van der Waals surface area (Å²) in [6, 6.07) is 0.565. The second-order valence-electron chi connectivity index (χ2n) is 4.26. The van der Waals surface area contributed by atoms with Gasteiger partial charge in [0, 0.05) is 12.0 Å². The Labute approximate surface area is 99.7 Å². The first-order valence-corrected chi connectivity index (χ1v) is 7.01. The summed E-state index contributed by atoms with van der Waals surface area (Å²) in [5, 5.41) is 7.25. The lowest BCUT2D eigenvalue weighted by molar-refractivity contribution is 0.441. The molecule has 0 aliphatic carbocycles. The molecule has 1 saturated heterocycles. The third kappa shape index (κ3) is 2.28. The molecule has 1 N–H and O–H groups in total. The smallest absolute Gasteiger partial charge is 0.195 e. The lowest BCUT2D eigenvalue weighted by Gasteiger charge is -2.24. The van der Waals surface area contributed by atoms with Gasteiger partial charge in [-0.05, 0) is 36.6 Å². The molecule has 15 heavy (non-hydrogen) atoms. The number of nitrogens with zero attached hydrogens (tertiary/aromatic N) is 2. The summed E-state index contributed by atoms with van der Waals surface area (Å²) in [6.07, 6.45) is 2.44. The van der Waals surface area contributed by atoms with E-state index in [-0.39, 0.29) is 0 Å². The molecule has 0 bridgehead atoms. The van der Waals surface area contributed by atoms with E-state index in [1.54, 1.807) is 0 Å². The maximum atomic E-state index is 5.31. The van der Waals surface area contributed by atoms with Crippen LogP contribution in [0.25, 0.3) is 0 Å². The van der Waals surface area contributed by atoms with Gasteiger partial charge < -0.3 is 4.57 Å². The summed E-state index contributed by atoms with van der Waals surface area (Å²) in [6.45, 7) is 4.33. The topological polar surface area (TPSA) is 33.6 Å². The summed E-state index contributed by atoms with van der Waals surface area (Å²) in [5.74, 6) is 4.04. The Morgan fingerprint density at radius 1 is 1.47 bits per heavy atom. The highest BCUT2D eigenvalue weighted by atomic mass is 32.2. The Morgan fingerprint density at radius 2 is 2.13 bits per heavy atom. The molecule has 0 spiro atoms. The van der Waals surface area contributed by atoms with E-state index < -0.39 is 0 Å². The molecule has 0 radical (unpaired) electrons. The van der Waals surface area contributed by atoms with Crippen molar-refractivity contribution >= 4 is 24.0 Å². The minimum atomic E-state index is 0.438. The Hall–Kier alpha value is -0.290. The Kier molecular flexibility index (Phi) is 3.51. The van der Waals surface area contributed by atoms with Crippen molar-refractivity contribution in [3.8, 4) is 0 Å². The van der Waals surface area contributed by atoms with Crippen LogP contribution >= 0.6 is 24.0 Å². The van der Waals surface area contributed by atoms with Crippen LogP contribution in [0.4, 0.5) is 0 Å². The highest BCUT2D eigenvalue weighted by Crippen LogP contribution is 2.29. The van der Waals surface area contributed by atoms with Gasteiger partial charge in [-0.3, -0.25) is 5.10 Å². The maximum Gasteiger partial charge on any atom is 0.195 e. The third-order valence-corrected chi connectivity index (χ3v) is 4.14. The number of nitrogens with one attached hydrogen (secondary N) is 1. The molecule has 1 aliphatic heterocycles. The van der Waals surface area contributed by atoms with Crippen molar-refractivity contribution in [1.29, 1.82) is 0 Å². The number of hydrogen-bond acceptors (Lipinski definition) is 3. The van der Waals surface area contributed by atoms with E-state index in [4.69, 9.17) is 12.2 Å². The standard InChI is InChI=1S/C10H17N3S2/c1-7(2)9-11-12-10(14)13(9)8-3-5-15-6-4-8/h7-8H,3-6H2,1-2H3,(H,12,14). The van der Waals surface area contributed by atoms with Gasteiger partial charge in [-0.15, -0.1) is 0 Å². The average molecular weight is 243 g/mol. The monoisotopic (exact) mass is 243 g/mol. The second kappa shape index (κ2) is 4.70. The first-order chi connectivity index (χ1) is 7.20. The van der Waals surface area contributed by atoms with Crippen LogP contribution < -0.4 is 0 Å². The Balaban J connectivity index is 2.32. The van der Waals surface area contributed by atoms with E-state index in [0.717, 1.165) is 10.6 Å². The molecule has 0 saturated carbocycles. The molecular formula is C10H17N3S2. The van der Waals surface area contributed by atoms with Crippen LogP contribution in [0, 0.1) is 4.77 Å². The molecule has 1 aromatic rings. The van der Waals surface area contributed by atoms with Gasteiger partial charge >= 0.3 is 0 Å². The quantitative estimate of drug-likeness (QED) is 0.810. The molecule has 1 aliphatic rings. The molecule has 2 heterocycles. The summed E-state index contributed by atoms with van der Waals surface area (Å²) in [5.41, 5.74) is 0. The molecule has 2 rings (SSSR count). The zero-order chi connectivity index (χ0) is 10.8. The molecule has 1 fully saturated rings. The largest absolute Gasteiger partial charge is 0.301 e. The number of rotatable bonds is 2. The number of aromatic nitrogens is 3. The minimum absolute atomic E-state index is 0.438. The van der Waals surface area contributed by atoms with E-state index in [2.05, 4.69) is 28.6 Å². The SMILES string of the molecule is CC(C)c1n[nH]c(=S)n1C1CCSCC1. The van der Waals surface area contributed by atoms with Crippen molar-refractivity contribution in [2.75, 3.05) is 11.5 Å². The molecule has 0 atom stereocenters. The number of H-pyrrole nitrogens is 1. The molecule has 1 aromatic heterocycles. The van der Waals surface area contributed by atoms with Crippen molar-refractivity contribution in [1.82, 2.24) is 14.8 Å². The van der Waals surface area contributed by atoms with Gasteiger partial charge in [0.05, 0.1) is 0 Å². The van der Waals surface area contributed by atoms with Crippen LogP contribution in [0.1, 0.15) is 44.5 Å². The first kappa shape index (κ1) is 11.2. The normalized spacial score (nSPS) is 18.6. The van der Waals surface area contributed by atoms with Gasteiger partial charge in [-0.2, -0.15) is 16.9 Å². The predicted octanol–water partition coefficient (Wildman–Crippen LogP) is 3.13. The summed E-state index contributed by atoms with van der Waals surface area (Å²) < 4.78 is 3.02. The van der Waals surface area contributed by atoms with Crippen LogP contribution in [0.2, 0.25) is 0 Å². The zero-order valence-corrected chi connectivity index (χ0v) is 10.8. The fourth-order valence-electron chi connectivity index (χ4n) is 2.02. The lowest BCUT2D eigenvalue weighted by atomic mass is 10.1.